The van der Waals surface area contributed by atoms with Gasteiger partial charge in [0, 0.05) is 5.69 Å². The molecule has 1 aliphatic heterocycles. The lowest BCUT2D eigenvalue weighted by Gasteiger charge is -2.14. The van der Waals surface area contributed by atoms with Crippen molar-refractivity contribution in [1.29, 1.82) is 0 Å². The lowest BCUT2D eigenvalue weighted by molar-refractivity contribution is 0.470. The van der Waals surface area contributed by atoms with Crippen molar-refractivity contribution in [2.75, 3.05) is 18.8 Å². The van der Waals surface area contributed by atoms with Crippen molar-refractivity contribution in [2.24, 2.45) is 5.92 Å². The smallest absolute Gasteiger partial charge is 0.0346 e. The van der Waals surface area contributed by atoms with Crippen LogP contribution < -0.4 is 11.1 Å². The molecule has 0 bridgehead atoms. The lowest BCUT2D eigenvalue weighted by atomic mass is 9.92. The third kappa shape index (κ3) is 2.96. The van der Waals surface area contributed by atoms with Gasteiger partial charge in [-0.25, -0.2) is 0 Å². The summed E-state index contributed by atoms with van der Waals surface area (Å²) < 4.78 is 0. The van der Waals surface area contributed by atoms with E-state index >= 15 is 0 Å². The predicted molar refractivity (Wildman–Crippen MR) is 64.8 cm³/mol. The summed E-state index contributed by atoms with van der Waals surface area (Å²) in [7, 11) is 0. The number of nitrogen functional groups attached to an aromatic ring is 1. The van der Waals surface area contributed by atoms with E-state index in [1.54, 1.807) is 0 Å². The third-order valence-electron chi connectivity index (χ3n) is 3.26. The SMILES string of the molecule is Nc1ccccc1CC1CCCNCC1. The average molecular weight is 204 g/mol. The van der Waals surface area contributed by atoms with Crippen LogP contribution >= 0.6 is 0 Å². The number of rotatable bonds is 2. The second-order valence-electron chi connectivity index (χ2n) is 4.45. The molecular formula is C13H20N2. The fourth-order valence-corrected chi connectivity index (χ4v) is 2.33. The zero-order valence-electron chi connectivity index (χ0n) is 9.21. The molecule has 1 fully saturated rings. The van der Waals surface area contributed by atoms with Crippen LogP contribution in [0.1, 0.15) is 24.8 Å². The van der Waals surface area contributed by atoms with Crippen LogP contribution in [-0.2, 0) is 6.42 Å². The first kappa shape index (κ1) is 10.5. The molecule has 2 nitrogen and oxygen atoms in total. The van der Waals surface area contributed by atoms with E-state index in [4.69, 9.17) is 5.73 Å². The molecule has 0 spiro atoms. The molecule has 0 aromatic heterocycles. The van der Waals surface area contributed by atoms with Gasteiger partial charge in [-0.2, -0.15) is 0 Å². The molecule has 0 aliphatic carbocycles. The van der Waals surface area contributed by atoms with Crippen LogP contribution in [0.2, 0.25) is 0 Å². The molecular weight excluding hydrogens is 184 g/mol. The molecule has 0 saturated carbocycles. The van der Waals surface area contributed by atoms with Gasteiger partial charge in [-0.05, 0) is 56.3 Å². The Hall–Kier alpha value is -1.02. The Bertz CT molecular complexity index is 301. The standard InChI is InChI=1S/C13H20N2/c14-13-6-2-1-5-12(13)10-11-4-3-8-15-9-7-11/h1-2,5-6,11,15H,3-4,7-10,14H2. The van der Waals surface area contributed by atoms with Crippen molar-refractivity contribution in [3.05, 3.63) is 29.8 Å². The molecule has 1 atom stereocenters. The van der Waals surface area contributed by atoms with E-state index in [0.29, 0.717) is 0 Å². The van der Waals surface area contributed by atoms with Gasteiger partial charge in [0.25, 0.3) is 0 Å². The number of anilines is 1. The van der Waals surface area contributed by atoms with Crippen molar-refractivity contribution in [2.45, 2.75) is 25.7 Å². The van der Waals surface area contributed by atoms with Gasteiger partial charge in [-0.15, -0.1) is 0 Å². The number of benzene rings is 1. The Morgan fingerprint density at radius 1 is 1.20 bits per heavy atom. The summed E-state index contributed by atoms with van der Waals surface area (Å²) in [5.74, 6) is 0.810. The van der Waals surface area contributed by atoms with Gasteiger partial charge in [0.1, 0.15) is 0 Å². The highest BCUT2D eigenvalue weighted by molar-refractivity contribution is 5.46. The van der Waals surface area contributed by atoms with Crippen LogP contribution in [0, 0.1) is 5.92 Å². The van der Waals surface area contributed by atoms with Crippen LogP contribution in [0.25, 0.3) is 0 Å². The lowest BCUT2D eigenvalue weighted by Crippen LogP contribution is -2.14. The number of hydrogen-bond acceptors (Lipinski definition) is 2. The van der Waals surface area contributed by atoms with Gasteiger partial charge in [0.15, 0.2) is 0 Å². The maximum atomic E-state index is 5.96. The van der Waals surface area contributed by atoms with Crippen LogP contribution in [0.15, 0.2) is 24.3 Å². The van der Waals surface area contributed by atoms with Crippen molar-refractivity contribution >= 4 is 5.69 Å². The van der Waals surface area contributed by atoms with E-state index in [0.717, 1.165) is 24.6 Å². The monoisotopic (exact) mass is 204 g/mol. The highest BCUT2D eigenvalue weighted by Gasteiger charge is 2.13. The Kier molecular flexibility index (Phi) is 3.62. The van der Waals surface area contributed by atoms with Crippen LogP contribution in [0.4, 0.5) is 5.69 Å². The molecule has 1 unspecified atom stereocenters. The first-order chi connectivity index (χ1) is 7.36. The molecule has 0 amide bonds. The highest BCUT2D eigenvalue weighted by Crippen LogP contribution is 2.22. The van der Waals surface area contributed by atoms with E-state index in [2.05, 4.69) is 17.4 Å². The van der Waals surface area contributed by atoms with Crippen LogP contribution in [0.3, 0.4) is 0 Å². The van der Waals surface area contributed by atoms with Crippen LogP contribution in [0.5, 0.6) is 0 Å². The van der Waals surface area contributed by atoms with E-state index in [1.165, 1.54) is 31.4 Å². The largest absolute Gasteiger partial charge is 0.399 e. The van der Waals surface area contributed by atoms with Crippen LogP contribution in [-0.4, -0.2) is 13.1 Å². The van der Waals surface area contributed by atoms with E-state index in [1.807, 2.05) is 12.1 Å². The molecule has 1 aliphatic rings. The molecule has 1 aromatic carbocycles. The third-order valence-corrected chi connectivity index (χ3v) is 3.26. The summed E-state index contributed by atoms with van der Waals surface area (Å²) in [4.78, 5) is 0. The highest BCUT2D eigenvalue weighted by atomic mass is 14.8. The molecule has 1 heterocycles. The summed E-state index contributed by atoms with van der Waals surface area (Å²) in [6.07, 6.45) is 5.07. The van der Waals surface area contributed by atoms with Crippen molar-refractivity contribution in [3.63, 3.8) is 0 Å². The summed E-state index contributed by atoms with van der Waals surface area (Å²) >= 11 is 0. The molecule has 2 rings (SSSR count). The normalized spacial score (nSPS) is 22.3. The second-order valence-corrected chi connectivity index (χ2v) is 4.45. The summed E-state index contributed by atoms with van der Waals surface area (Å²) in [6.45, 7) is 2.35. The Labute approximate surface area is 91.9 Å². The minimum Gasteiger partial charge on any atom is -0.399 e. The molecule has 0 radical (unpaired) electrons. The average Bonchev–Trinajstić information content (AvgIpc) is 2.50. The van der Waals surface area contributed by atoms with Crippen molar-refractivity contribution in [3.8, 4) is 0 Å². The van der Waals surface area contributed by atoms with Gasteiger partial charge < -0.3 is 11.1 Å². The number of para-hydroxylation sites is 1. The quantitative estimate of drug-likeness (QED) is 0.725. The Morgan fingerprint density at radius 2 is 2.07 bits per heavy atom. The molecule has 15 heavy (non-hydrogen) atoms. The van der Waals surface area contributed by atoms with Gasteiger partial charge in [0.2, 0.25) is 0 Å². The topological polar surface area (TPSA) is 38.0 Å². The summed E-state index contributed by atoms with van der Waals surface area (Å²) in [5.41, 5.74) is 8.24. The number of nitrogens with two attached hydrogens (primary N) is 1. The molecule has 3 N–H and O–H groups in total. The van der Waals surface area contributed by atoms with E-state index in [-0.39, 0.29) is 0 Å². The van der Waals surface area contributed by atoms with E-state index in [9.17, 15) is 0 Å². The zero-order valence-corrected chi connectivity index (χ0v) is 9.21. The summed E-state index contributed by atoms with van der Waals surface area (Å²) in [5, 5.41) is 3.45. The fraction of sp³-hybridized carbons (Fsp3) is 0.538. The van der Waals surface area contributed by atoms with E-state index < -0.39 is 0 Å². The van der Waals surface area contributed by atoms with Crippen molar-refractivity contribution in [1.82, 2.24) is 5.32 Å². The Morgan fingerprint density at radius 3 is 2.93 bits per heavy atom. The maximum absolute atomic E-state index is 5.96. The molecule has 2 heteroatoms. The van der Waals surface area contributed by atoms with Gasteiger partial charge in [0.05, 0.1) is 0 Å². The molecule has 1 aromatic rings. The maximum Gasteiger partial charge on any atom is 0.0346 e. The van der Waals surface area contributed by atoms with Gasteiger partial charge in [-0.1, -0.05) is 18.2 Å². The number of nitrogens with one attached hydrogen (secondary N) is 1. The minimum atomic E-state index is 0.810. The first-order valence-corrected chi connectivity index (χ1v) is 5.90. The molecule has 82 valence electrons. The minimum absolute atomic E-state index is 0.810. The molecule has 1 saturated heterocycles. The fourth-order valence-electron chi connectivity index (χ4n) is 2.33. The predicted octanol–water partition coefficient (Wildman–Crippen LogP) is 2.20. The first-order valence-electron chi connectivity index (χ1n) is 5.90. The van der Waals surface area contributed by atoms with Crippen molar-refractivity contribution < 1.29 is 0 Å². The number of hydrogen-bond donors (Lipinski definition) is 2. The second kappa shape index (κ2) is 5.17. The zero-order chi connectivity index (χ0) is 10.5. The summed E-state index contributed by atoms with van der Waals surface area (Å²) in [6, 6.07) is 8.26. The van der Waals surface area contributed by atoms with Gasteiger partial charge >= 0.3 is 0 Å². The van der Waals surface area contributed by atoms with Gasteiger partial charge in [-0.3, -0.25) is 0 Å². The Balaban J connectivity index is 1.98.